The zero-order chi connectivity index (χ0) is 19.7. The average Bonchev–Trinajstić information content (AvgIpc) is 2.97. The van der Waals surface area contributed by atoms with Gasteiger partial charge in [-0.1, -0.05) is 18.2 Å². The fourth-order valence-electron chi connectivity index (χ4n) is 4.39. The van der Waals surface area contributed by atoms with Gasteiger partial charge in [-0.3, -0.25) is 9.59 Å². The largest absolute Gasteiger partial charge is 0.343 e. The molecule has 1 aliphatic heterocycles. The van der Waals surface area contributed by atoms with Gasteiger partial charge in [0.05, 0.1) is 13.0 Å². The van der Waals surface area contributed by atoms with Gasteiger partial charge in [-0.05, 0) is 31.4 Å². The summed E-state index contributed by atoms with van der Waals surface area (Å²) in [4.78, 5) is 27.4. The molecule has 2 aromatic rings. The minimum atomic E-state index is -0.245. The fourth-order valence-corrected chi connectivity index (χ4v) is 4.39. The Bertz CT molecular complexity index is 919. The molecule has 2 aliphatic rings. The first-order valence-electron chi connectivity index (χ1n) is 10.0. The number of carbonyl (C=O) groups is 2. The van der Waals surface area contributed by atoms with Crippen LogP contribution in [0.15, 0.2) is 24.3 Å². The molecule has 1 aliphatic carbocycles. The molecule has 0 spiro atoms. The van der Waals surface area contributed by atoms with Gasteiger partial charge >= 0.3 is 0 Å². The highest BCUT2D eigenvalue weighted by atomic mass is 35.5. The number of nitrogens with zero attached hydrogens (tertiary/aromatic N) is 2. The van der Waals surface area contributed by atoms with E-state index in [1.165, 1.54) is 6.07 Å². The molecule has 29 heavy (non-hydrogen) atoms. The molecule has 1 aromatic carbocycles. The van der Waals surface area contributed by atoms with Gasteiger partial charge in [0, 0.05) is 55.1 Å². The molecule has 0 radical (unpaired) electrons. The second-order valence-corrected chi connectivity index (χ2v) is 7.65. The first-order chi connectivity index (χ1) is 13.6. The highest BCUT2D eigenvalue weighted by Gasteiger charge is 2.30. The molecule has 1 fully saturated rings. The third kappa shape index (κ3) is 4.23. The summed E-state index contributed by atoms with van der Waals surface area (Å²) in [6.07, 6.45) is 2.35. The lowest BCUT2D eigenvalue weighted by Gasteiger charge is -2.27. The van der Waals surface area contributed by atoms with Crippen LogP contribution in [-0.4, -0.2) is 47.3 Å². The van der Waals surface area contributed by atoms with E-state index in [1.54, 1.807) is 12.1 Å². The fraction of sp³-hybridized carbons (Fsp3) is 0.455. The molecule has 156 valence electrons. The maximum absolute atomic E-state index is 14.2. The van der Waals surface area contributed by atoms with Crippen LogP contribution in [0.3, 0.4) is 0 Å². The van der Waals surface area contributed by atoms with Crippen molar-refractivity contribution in [2.45, 2.75) is 39.2 Å². The number of Topliss-reactive ketones (excluding diaryl/α,β-unsaturated/α-hetero) is 1. The number of rotatable bonds is 4. The van der Waals surface area contributed by atoms with Gasteiger partial charge in [0.2, 0.25) is 5.91 Å². The van der Waals surface area contributed by atoms with Crippen LogP contribution in [0.25, 0.3) is 0 Å². The molecule has 0 bridgehead atoms. The molecule has 1 amide bonds. The zero-order valence-corrected chi connectivity index (χ0v) is 17.5. The van der Waals surface area contributed by atoms with Gasteiger partial charge < -0.3 is 14.8 Å². The van der Waals surface area contributed by atoms with Crippen LogP contribution in [0.5, 0.6) is 0 Å². The van der Waals surface area contributed by atoms with E-state index in [2.05, 4.69) is 5.32 Å². The minimum Gasteiger partial charge on any atom is -0.343 e. The van der Waals surface area contributed by atoms with Crippen molar-refractivity contribution in [3.05, 3.63) is 58.2 Å². The summed E-state index contributed by atoms with van der Waals surface area (Å²) in [5, 5.41) is 3.25. The number of carbonyl (C=O) groups excluding carboxylic acids is 2. The van der Waals surface area contributed by atoms with E-state index < -0.39 is 0 Å². The Morgan fingerprint density at radius 1 is 1.17 bits per heavy atom. The molecular weight excluding hydrogens is 393 g/mol. The number of piperazine rings is 1. The van der Waals surface area contributed by atoms with E-state index in [1.807, 2.05) is 22.5 Å². The van der Waals surface area contributed by atoms with E-state index in [0.717, 1.165) is 42.9 Å². The SMILES string of the molecule is Cc1c(CC(=O)N2CCNCC2)c2c(n1Cc1ccccc1F)CCCC2=O.Cl. The van der Waals surface area contributed by atoms with E-state index >= 15 is 0 Å². The second kappa shape index (κ2) is 9.09. The summed E-state index contributed by atoms with van der Waals surface area (Å²) in [5.74, 6) is -0.0708. The maximum Gasteiger partial charge on any atom is 0.227 e. The number of fused-ring (bicyclic) bond motifs is 1. The Morgan fingerprint density at radius 2 is 1.90 bits per heavy atom. The zero-order valence-electron chi connectivity index (χ0n) is 16.7. The highest BCUT2D eigenvalue weighted by Crippen LogP contribution is 2.31. The second-order valence-electron chi connectivity index (χ2n) is 7.65. The van der Waals surface area contributed by atoms with Crippen molar-refractivity contribution >= 4 is 24.1 Å². The minimum absolute atomic E-state index is 0. The normalized spacial score (nSPS) is 16.3. The summed E-state index contributed by atoms with van der Waals surface area (Å²) < 4.78 is 16.3. The van der Waals surface area contributed by atoms with E-state index in [9.17, 15) is 14.0 Å². The smallest absolute Gasteiger partial charge is 0.227 e. The predicted octanol–water partition coefficient (Wildman–Crippen LogP) is 2.90. The molecule has 0 saturated carbocycles. The summed E-state index contributed by atoms with van der Waals surface area (Å²) >= 11 is 0. The molecule has 0 unspecified atom stereocenters. The number of aromatic nitrogens is 1. The third-order valence-electron chi connectivity index (χ3n) is 5.94. The third-order valence-corrected chi connectivity index (χ3v) is 5.94. The van der Waals surface area contributed by atoms with Crippen molar-refractivity contribution in [1.82, 2.24) is 14.8 Å². The monoisotopic (exact) mass is 419 g/mol. The van der Waals surface area contributed by atoms with Crippen LogP contribution >= 0.6 is 12.4 Å². The van der Waals surface area contributed by atoms with Crippen LogP contribution in [-0.2, 0) is 24.2 Å². The van der Waals surface area contributed by atoms with Gasteiger partial charge in [0.15, 0.2) is 5.78 Å². The topological polar surface area (TPSA) is 54.3 Å². The number of nitrogens with one attached hydrogen (secondary N) is 1. The van der Waals surface area contributed by atoms with Gasteiger partial charge in [0.25, 0.3) is 0 Å². The van der Waals surface area contributed by atoms with Gasteiger partial charge in [-0.2, -0.15) is 0 Å². The molecule has 7 heteroatoms. The number of hydrogen-bond donors (Lipinski definition) is 1. The standard InChI is InChI=1S/C22H26FN3O2.ClH/c1-15-17(13-21(28)25-11-9-24-10-12-25)22-19(7-4-8-20(22)27)26(15)14-16-5-2-3-6-18(16)23;/h2-3,5-6,24H,4,7-14H2,1H3;1H. The van der Waals surface area contributed by atoms with Crippen LogP contribution in [0.2, 0.25) is 0 Å². The number of halogens is 2. The Kier molecular flexibility index (Phi) is 6.75. The number of amides is 1. The van der Waals surface area contributed by atoms with Crippen molar-refractivity contribution in [3.63, 3.8) is 0 Å². The Labute approximate surface area is 176 Å². The maximum atomic E-state index is 14.2. The van der Waals surface area contributed by atoms with Gasteiger partial charge in [-0.25, -0.2) is 4.39 Å². The Hall–Kier alpha value is -2.18. The van der Waals surface area contributed by atoms with E-state index in [-0.39, 0.29) is 36.3 Å². The summed E-state index contributed by atoms with van der Waals surface area (Å²) in [6, 6.07) is 6.74. The van der Waals surface area contributed by atoms with Gasteiger partial charge in [0.1, 0.15) is 5.82 Å². The predicted molar refractivity (Wildman–Crippen MR) is 112 cm³/mol. The van der Waals surface area contributed by atoms with Crippen molar-refractivity contribution in [3.8, 4) is 0 Å². The summed E-state index contributed by atoms with van der Waals surface area (Å²) in [6.45, 7) is 5.34. The van der Waals surface area contributed by atoms with Crippen molar-refractivity contribution in [2.75, 3.05) is 26.2 Å². The quantitative estimate of drug-likeness (QED) is 0.829. The molecule has 1 aromatic heterocycles. The van der Waals surface area contributed by atoms with Crippen LogP contribution in [0, 0.1) is 12.7 Å². The Morgan fingerprint density at radius 3 is 2.62 bits per heavy atom. The molecule has 4 rings (SSSR count). The van der Waals surface area contributed by atoms with Crippen LogP contribution in [0.1, 0.15) is 45.7 Å². The first kappa shape index (κ1) is 21.5. The van der Waals surface area contributed by atoms with Crippen molar-refractivity contribution in [1.29, 1.82) is 0 Å². The molecule has 0 atom stereocenters. The first-order valence-corrected chi connectivity index (χ1v) is 10.0. The lowest BCUT2D eigenvalue weighted by atomic mass is 9.92. The van der Waals surface area contributed by atoms with E-state index in [4.69, 9.17) is 0 Å². The lowest BCUT2D eigenvalue weighted by molar-refractivity contribution is -0.131. The number of ketones is 1. The lowest BCUT2D eigenvalue weighted by Crippen LogP contribution is -2.47. The average molecular weight is 420 g/mol. The van der Waals surface area contributed by atoms with E-state index in [0.29, 0.717) is 37.2 Å². The summed E-state index contributed by atoms with van der Waals surface area (Å²) in [5.41, 5.74) is 4.01. The van der Waals surface area contributed by atoms with Crippen molar-refractivity contribution in [2.24, 2.45) is 0 Å². The summed E-state index contributed by atoms with van der Waals surface area (Å²) in [7, 11) is 0. The molecular formula is C22H27ClFN3O2. The van der Waals surface area contributed by atoms with Crippen LogP contribution < -0.4 is 5.32 Å². The number of hydrogen-bond acceptors (Lipinski definition) is 3. The van der Waals surface area contributed by atoms with Gasteiger partial charge in [-0.15, -0.1) is 12.4 Å². The highest BCUT2D eigenvalue weighted by molar-refractivity contribution is 6.01. The van der Waals surface area contributed by atoms with Crippen molar-refractivity contribution < 1.29 is 14.0 Å². The van der Waals surface area contributed by atoms with Crippen LogP contribution in [0.4, 0.5) is 4.39 Å². The molecule has 1 saturated heterocycles. The molecule has 2 heterocycles. The molecule has 1 N–H and O–H groups in total. The molecule has 5 nitrogen and oxygen atoms in total. The number of benzene rings is 1. The Balaban J connectivity index is 0.00000240.